The molecule has 1 aromatic heterocycles. The predicted octanol–water partition coefficient (Wildman–Crippen LogP) is 3.25. The summed E-state index contributed by atoms with van der Waals surface area (Å²) in [6.07, 6.45) is -1.18. The number of carbonyl (C=O) groups is 3. The van der Waals surface area contributed by atoms with E-state index in [4.69, 9.17) is 15.8 Å². The van der Waals surface area contributed by atoms with Crippen LogP contribution in [0.2, 0.25) is 0 Å². The number of carboxylic acid groups (broad SMARTS) is 1. The molecule has 0 unspecified atom stereocenters. The number of H-pyrrole nitrogens is 1. The molecule has 5 N–H and O–H groups in total. The standard InChI is InChI=1S/C29H27N5O4S/c30-21(29(37)38)17-39-15-14-34-24-13-7-5-11-20(24)25(18-8-2-1-3-9-18)32-26(28(34)36)33-27(35)23-16-19-10-4-6-12-22(19)31-23/h1-13,16,21,26,31H,14-15,17,30H2,(H,33,35)(H,37,38)/t21-,26+/m1/s1. The van der Waals surface area contributed by atoms with Crippen LogP contribution in [-0.2, 0) is 9.59 Å². The fourth-order valence-corrected chi connectivity index (χ4v) is 5.29. The maximum atomic E-state index is 13.9. The van der Waals surface area contributed by atoms with Crippen molar-refractivity contribution in [2.24, 2.45) is 10.7 Å². The SMILES string of the molecule is N[C@H](CSCCN1C(=O)[C@H](NC(=O)c2cc3ccccc3[nH]2)N=C(c2ccccc2)c2ccccc21)C(=O)O. The van der Waals surface area contributed by atoms with Crippen molar-refractivity contribution in [1.82, 2.24) is 10.3 Å². The number of amides is 2. The van der Waals surface area contributed by atoms with Gasteiger partial charge in [0.05, 0.1) is 11.4 Å². The Labute approximate surface area is 229 Å². The van der Waals surface area contributed by atoms with Gasteiger partial charge in [-0.1, -0.05) is 66.7 Å². The van der Waals surface area contributed by atoms with Crippen molar-refractivity contribution in [1.29, 1.82) is 0 Å². The van der Waals surface area contributed by atoms with E-state index in [1.54, 1.807) is 11.0 Å². The van der Waals surface area contributed by atoms with Crippen LogP contribution < -0.4 is 16.0 Å². The summed E-state index contributed by atoms with van der Waals surface area (Å²) in [5.41, 5.74) is 9.59. The van der Waals surface area contributed by atoms with Crippen molar-refractivity contribution >= 4 is 51.8 Å². The number of hydrogen-bond donors (Lipinski definition) is 4. The second-order valence-corrected chi connectivity index (χ2v) is 10.2. The average molecular weight is 542 g/mol. The number of benzodiazepines with no additional fused rings is 1. The first kappa shape index (κ1) is 26.2. The number of para-hydroxylation sites is 2. The number of benzene rings is 3. The van der Waals surface area contributed by atoms with Crippen molar-refractivity contribution in [3.8, 4) is 0 Å². The molecule has 10 heteroatoms. The number of hydrogen-bond acceptors (Lipinski definition) is 6. The Hall–Kier alpha value is -4.41. The van der Waals surface area contributed by atoms with Crippen LogP contribution in [0.4, 0.5) is 5.69 Å². The summed E-state index contributed by atoms with van der Waals surface area (Å²) in [7, 11) is 0. The zero-order chi connectivity index (χ0) is 27.4. The molecule has 9 nitrogen and oxygen atoms in total. The number of aromatic amines is 1. The first-order valence-electron chi connectivity index (χ1n) is 12.4. The van der Waals surface area contributed by atoms with Crippen LogP contribution >= 0.6 is 11.8 Å². The normalized spacial score (nSPS) is 15.8. The fraction of sp³-hybridized carbons (Fsp3) is 0.172. The Morgan fingerprint density at radius 2 is 1.77 bits per heavy atom. The van der Waals surface area contributed by atoms with Gasteiger partial charge in [-0.25, -0.2) is 4.99 Å². The van der Waals surface area contributed by atoms with Crippen LogP contribution in [0.1, 0.15) is 21.6 Å². The number of carboxylic acids is 1. The van der Waals surface area contributed by atoms with Gasteiger partial charge in [-0.3, -0.25) is 14.4 Å². The van der Waals surface area contributed by atoms with Gasteiger partial charge in [0, 0.05) is 40.1 Å². The number of rotatable bonds is 9. The monoisotopic (exact) mass is 541 g/mol. The quantitative estimate of drug-likeness (QED) is 0.240. The molecule has 2 amide bonds. The molecule has 0 spiro atoms. The van der Waals surface area contributed by atoms with E-state index in [-0.39, 0.29) is 18.2 Å². The zero-order valence-corrected chi connectivity index (χ0v) is 21.7. The topological polar surface area (TPSA) is 141 Å². The van der Waals surface area contributed by atoms with Gasteiger partial charge < -0.3 is 26.0 Å². The molecular weight excluding hydrogens is 514 g/mol. The Balaban J connectivity index is 1.48. The molecule has 1 aliphatic heterocycles. The summed E-state index contributed by atoms with van der Waals surface area (Å²) in [6, 6.07) is 25.3. The second kappa shape index (κ2) is 11.5. The maximum absolute atomic E-state index is 13.9. The number of anilines is 1. The van der Waals surface area contributed by atoms with Gasteiger partial charge in [0.1, 0.15) is 11.7 Å². The molecule has 0 aliphatic carbocycles. The lowest BCUT2D eigenvalue weighted by Gasteiger charge is -2.25. The number of thioether (sulfide) groups is 1. The third kappa shape index (κ3) is 5.71. The van der Waals surface area contributed by atoms with E-state index < -0.39 is 24.1 Å². The largest absolute Gasteiger partial charge is 0.480 e. The predicted molar refractivity (Wildman–Crippen MR) is 153 cm³/mol. The molecule has 198 valence electrons. The highest BCUT2D eigenvalue weighted by Crippen LogP contribution is 2.28. The van der Waals surface area contributed by atoms with Gasteiger partial charge in [-0.2, -0.15) is 11.8 Å². The maximum Gasteiger partial charge on any atom is 0.321 e. The number of nitrogens with one attached hydrogen (secondary N) is 2. The van der Waals surface area contributed by atoms with E-state index in [0.29, 0.717) is 22.8 Å². The van der Waals surface area contributed by atoms with Crippen molar-refractivity contribution in [2.75, 3.05) is 23.0 Å². The van der Waals surface area contributed by atoms with E-state index >= 15 is 0 Å². The molecule has 0 fully saturated rings. The van der Waals surface area contributed by atoms with Crippen LogP contribution in [0.15, 0.2) is 89.9 Å². The molecule has 5 rings (SSSR count). The summed E-state index contributed by atoms with van der Waals surface area (Å²) in [4.78, 5) is 47.8. The van der Waals surface area contributed by atoms with Gasteiger partial charge >= 0.3 is 5.97 Å². The summed E-state index contributed by atoms with van der Waals surface area (Å²) < 4.78 is 0. The molecule has 0 saturated carbocycles. The van der Waals surface area contributed by atoms with Crippen molar-refractivity contribution < 1.29 is 19.5 Å². The van der Waals surface area contributed by atoms with Crippen LogP contribution in [0.5, 0.6) is 0 Å². The molecule has 3 aromatic carbocycles. The van der Waals surface area contributed by atoms with Gasteiger partial charge in [0.2, 0.25) is 6.17 Å². The van der Waals surface area contributed by atoms with Gasteiger partial charge in [-0.15, -0.1) is 0 Å². The summed E-state index contributed by atoms with van der Waals surface area (Å²) in [5.74, 6) is -1.25. The minimum absolute atomic E-state index is 0.214. The Bertz CT molecular complexity index is 1520. The summed E-state index contributed by atoms with van der Waals surface area (Å²) in [5, 5.41) is 12.8. The zero-order valence-electron chi connectivity index (χ0n) is 20.9. The fourth-order valence-electron chi connectivity index (χ4n) is 4.42. The molecule has 4 aromatic rings. The van der Waals surface area contributed by atoms with E-state index in [1.807, 2.05) is 78.9 Å². The lowest BCUT2D eigenvalue weighted by molar-refractivity contribution is -0.137. The number of aliphatic imine (C=N–C) groups is 1. The highest BCUT2D eigenvalue weighted by atomic mass is 32.2. The minimum atomic E-state index is -1.18. The van der Waals surface area contributed by atoms with E-state index in [0.717, 1.165) is 22.0 Å². The number of aliphatic carboxylic acids is 1. The van der Waals surface area contributed by atoms with E-state index in [1.165, 1.54) is 11.8 Å². The van der Waals surface area contributed by atoms with Crippen LogP contribution in [0.25, 0.3) is 10.9 Å². The van der Waals surface area contributed by atoms with E-state index in [9.17, 15) is 14.4 Å². The summed E-state index contributed by atoms with van der Waals surface area (Å²) in [6.45, 7) is 0.281. The first-order valence-corrected chi connectivity index (χ1v) is 13.6. The summed E-state index contributed by atoms with van der Waals surface area (Å²) >= 11 is 1.35. The lowest BCUT2D eigenvalue weighted by Crippen LogP contribution is -2.48. The number of nitrogens with two attached hydrogens (primary N) is 1. The highest BCUT2D eigenvalue weighted by Gasteiger charge is 2.33. The molecular formula is C29H27N5O4S. The lowest BCUT2D eigenvalue weighted by atomic mass is 10.0. The Morgan fingerprint density at radius 3 is 2.54 bits per heavy atom. The van der Waals surface area contributed by atoms with Crippen molar-refractivity contribution in [3.63, 3.8) is 0 Å². The molecule has 0 radical (unpaired) electrons. The Morgan fingerprint density at radius 1 is 1.05 bits per heavy atom. The number of aromatic nitrogens is 1. The molecule has 0 bridgehead atoms. The molecule has 1 aliphatic rings. The van der Waals surface area contributed by atoms with Gasteiger partial charge in [0.15, 0.2) is 0 Å². The van der Waals surface area contributed by atoms with Crippen LogP contribution in [-0.4, -0.2) is 63.8 Å². The van der Waals surface area contributed by atoms with Crippen molar-refractivity contribution in [2.45, 2.75) is 12.2 Å². The molecule has 39 heavy (non-hydrogen) atoms. The van der Waals surface area contributed by atoms with Crippen LogP contribution in [0, 0.1) is 0 Å². The van der Waals surface area contributed by atoms with E-state index in [2.05, 4.69) is 10.3 Å². The molecule has 0 saturated heterocycles. The minimum Gasteiger partial charge on any atom is -0.480 e. The Kier molecular flexibility index (Phi) is 7.76. The van der Waals surface area contributed by atoms with Crippen LogP contribution in [0.3, 0.4) is 0 Å². The highest BCUT2D eigenvalue weighted by molar-refractivity contribution is 7.99. The number of fused-ring (bicyclic) bond motifs is 2. The number of nitrogens with zero attached hydrogens (tertiary/aromatic N) is 2. The van der Waals surface area contributed by atoms with Crippen molar-refractivity contribution in [3.05, 3.63) is 102 Å². The van der Waals surface area contributed by atoms with Gasteiger partial charge in [-0.05, 0) is 18.2 Å². The third-order valence-corrected chi connectivity index (χ3v) is 7.44. The smallest absolute Gasteiger partial charge is 0.321 e. The van der Waals surface area contributed by atoms with Gasteiger partial charge in [0.25, 0.3) is 11.8 Å². The molecule has 2 atom stereocenters. The average Bonchev–Trinajstić information content (AvgIpc) is 3.36. The third-order valence-electron chi connectivity index (χ3n) is 6.37. The first-order chi connectivity index (χ1) is 18.9. The second-order valence-electron chi connectivity index (χ2n) is 9.02. The molecule has 2 heterocycles. The number of carbonyl (C=O) groups excluding carboxylic acids is 2.